The topological polar surface area (TPSA) is 52.6 Å². The van der Waals surface area contributed by atoms with E-state index in [1.165, 1.54) is 37.9 Å². The van der Waals surface area contributed by atoms with E-state index >= 15 is 0 Å². The standard InChI is InChI=1S/C24H41N5O2.HI/c1-5-25-24(26-11-8-20-9-12-27(2)13-10-20)29-16-14-28(15-17-29)19-21-18-22(30-3)6-7-23(21)31-4;/h6-7,18,20H,5,8-17,19H2,1-4H3,(H,25,26);1H. The number of rotatable bonds is 8. The van der Waals surface area contributed by atoms with Gasteiger partial charge < -0.3 is 24.6 Å². The molecule has 0 amide bonds. The Morgan fingerprint density at radius 1 is 1.06 bits per heavy atom. The number of methoxy groups -OCH3 is 2. The molecule has 2 aliphatic heterocycles. The summed E-state index contributed by atoms with van der Waals surface area (Å²) in [5.41, 5.74) is 1.18. The molecule has 0 radical (unpaired) electrons. The number of ether oxygens (including phenoxy) is 2. The first-order valence-corrected chi connectivity index (χ1v) is 11.8. The predicted molar refractivity (Wildman–Crippen MR) is 143 cm³/mol. The molecule has 0 unspecified atom stereocenters. The molecule has 182 valence electrons. The summed E-state index contributed by atoms with van der Waals surface area (Å²) in [6.45, 7) is 11.3. The highest BCUT2D eigenvalue weighted by molar-refractivity contribution is 14.0. The molecule has 1 aromatic carbocycles. The number of guanidine groups is 1. The Morgan fingerprint density at radius 2 is 1.78 bits per heavy atom. The number of hydrogen-bond acceptors (Lipinski definition) is 5. The zero-order valence-electron chi connectivity index (χ0n) is 20.3. The van der Waals surface area contributed by atoms with Crippen LogP contribution in [0.3, 0.4) is 0 Å². The zero-order valence-corrected chi connectivity index (χ0v) is 22.6. The maximum atomic E-state index is 5.55. The van der Waals surface area contributed by atoms with E-state index in [9.17, 15) is 0 Å². The largest absolute Gasteiger partial charge is 0.497 e. The third-order valence-electron chi connectivity index (χ3n) is 6.53. The Hall–Kier alpha value is -1.26. The number of aliphatic imine (C=N–C) groups is 1. The molecule has 32 heavy (non-hydrogen) atoms. The number of likely N-dealkylation sites (tertiary alicyclic amines) is 1. The number of nitrogens with one attached hydrogen (secondary N) is 1. The van der Waals surface area contributed by atoms with Crippen molar-refractivity contribution < 1.29 is 9.47 Å². The van der Waals surface area contributed by atoms with Crippen LogP contribution >= 0.6 is 24.0 Å². The van der Waals surface area contributed by atoms with Gasteiger partial charge in [0.2, 0.25) is 0 Å². The van der Waals surface area contributed by atoms with Crippen molar-refractivity contribution in [3.8, 4) is 11.5 Å². The lowest BCUT2D eigenvalue weighted by Gasteiger charge is -2.36. The van der Waals surface area contributed by atoms with E-state index in [1.807, 2.05) is 12.1 Å². The van der Waals surface area contributed by atoms with Crippen LogP contribution in [0.4, 0.5) is 0 Å². The second kappa shape index (κ2) is 14.1. The van der Waals surface area contributed by atoms with Crippen LogP contribution in [0.2, 0.25) is 0 Å². The van der Waals surface area contributed by atoms with Gasteiger partial charge in [-0.05, 0) is 70.4 Å². The third kappa shape index (κ3) is 7.95. The monoisotopic (exact) mass is 559 g/mol. The predicted octanol–water partition coefficient (Wildman–Crippen LogP) is 3.14. The molecule has 8 heteroatoms. The van der Waals surface area contributed by atoms with Crippen molar-refractivity contribution in [2.24, 2.45) is 10.9 Å². The third-order valence-corrected chi connectivity index (χ3v) is 6.53. The summed E-state index contributed by atoms with van der Waals surface area (Å²) in [4.78, 5) is 12.3. The van der Waals surface area contributed by atoms with Gasteiger partial charge in [0, 0.05) is 51.4 Å². The highest BCUT2D eigenvalue weighted by Crippen LogP contribution is 2.25. The van der Waals surface area contributed by atoms with Gasteiger partial charge in [-0.3, -0.25) is 9.89 Å². The fourth-order valence-electron chi connectivity index (χ4n) is 4.49. The van der Waals surface area contributed by atoms with Crippen LogP contribution in [-0.4, -0.2) is 94.3 Å². The van der Waals surface area contributed by atoms with Crippen LogP contribution in [0, 0.1) is 5.92 Å². The number of halogens is 1. The van der Waals surface area contributed by atoms with Gasteiger partial charge in [-0.2, -0.15) is 0 Å². The number of piperidine rings is 1. The van der Waals surface area contributed by atoms with Crippen molar-refractivity contribution in [2.75, 3.05) is 73.6 Å². The highest BCUT2D eigenvalue weighted by Gasteiger charge is 2.21. The van der Waals surface area contributed by atoms with Crippen LogP contribution in [0.25, 0.3) is 0 Å². The summed E-state index contributed by atoms with van der Waals surface area (Å²) in [5.74, 6) is 3.71. The van der Waals surface area contributed by atoms with Crippen molar-refractivity contribution >= 4 is 29.9 Å². The Balaban J connectivity index is 0.00000363. The minimum atomic E-state index is 0. The highest BCUT2D eigenvalue weighted by atomic mass is 127. The molecule has 1 aromatic rings. The second-order valence-corrected chi connectivity index (χ2v) is 8.71. The molecule has 0 bridgehead atoms. The number of nitrogens with zero attached hydrogens (tertiary/aromatic N) is 4. The Morgan fingerprint density at radius 3 is 2.41 bits per heavy atom. The van der Waals surface area contributed by atoms with Gasteiger partial charge in [0.1, 0.15) is 11.5 Å². The number of benzene rings is 1. The summed E-state index contributed by atoms with van der Waals surface area (Å²) < 4.78 is 11.0. The van der Waals surface area contributed by atoms with Gasteiger partial charge in [0.15, 0.2) is 5.96 Å². The fourth-order valence-corrected chi connectivity index (χ4v) is 4.49. The lowest BCUT2D eigenvalue weighted by atomic mass is 9.94. The molecule has 2 fully saturated rings. The molecule has 0 spiro atoms. The van der Waals surface area contributed by atoms with Crippen molar-refractivity contribution in [3.05, 3.63) is 23.8 Å². The Labute approximate surface area is 211 Å². The van der Waals surface area contributed by atoms with Crippen molar-refractivity contribution in [3.63, 3.8) is 0 Å². The zero-order chi connectivity index (χ0) is 22.1. The summed E-state index contributed by atoms with van der Waals surface area (Å²) in [6, 6.07) is 6.02. The molecular weight excluding hydrogens is 517 g/mol. The van der Waals surface area contributed by atoms with Crippen LogP contribution in [0.1, 0.15) is 31.7 Å². The van der Waals surface area contributed by atoms with Crippen LogP contribution < -0.4 is 14.8 Å². The lowest BCUT2D eigenvalue weighted by Crippen LogP contribution is -2.52. The first kappa shape index (κ1) is 27.0. The van der Waals surface area contributed by atoms with Gasteiger partial charge in [-0.1, -0.05) is 0 Å². The number of piperazine rings is 1. The first-order valence-electron chi connectivity index (χ1n) is 11.8. The molecule has 0 aromatic heterocycles. The SMILES string of the molecule is CCNC(=NCCC1CCN(C)CC1)N1CCN(Cc2cc(OC)ccc2OC)CC1.I. The maximum absolute atomic E-state index is 5.55. The molecule has 1 N–H and O–H groups in total. The second-order valence-electron chi connectivity index (χ2n) is 8.71. The smallest absolute Gasteiger partial charge is 0.194 e. The molecule has 2 saturated heterocycles. The van der Waals surface area contributed by atoms with E-state index < -0.39 is 0 Å². The average Bonchev–Trinajstić information content (AvgIpc) is 2.80. The van der Waals surface area contributed by atoms with E-state index in [1.54, 1.807) is 14.2 Å². The molecular formula is C24H42IN5O2. The van der Waals surface area contributed by atoms with E-state index in [2.05, 4.69) is 40.1 Å². The van der Waals surface area contributed by atoms with E-state index in [-0.39, 0.29) is 24.0 Å². The Bertz CT molecular complexity index is 702. The summed E-state index contributed by atoms with van der Waals surface area (Å²) in [7, 11) is 5.66. The van der Waals surface area contributed by atoms with Gasteiger partial charge >= 0.3 is 0 Å². The van der Waals surface area contributed by atoms with Crippen molar-refractivity contribution in [1.29, 1.82) is 0 Å². The van der Waals surface area contributed by atoms with E-state index in [0.717, 1.165) is 69.2 Å². The summed E-state index contributed by atoms with van der Waals surface area (Å²) >= 11 is 0. The minimum absolute atomic E-state index is 0. The summed E-state index contributed by atoms with van der Waals surface area (Å²) in [5, 5.41) is 3.51. The molecule has 2 heterocycles. The molecule has 2 aliphatic rings. The first-order chi connectivity index (χ1) is 15.1. The minimum Gasteiger partial charge on any atom is -0.497 e. The van der Waals surface area contributed by atoms with E-state index in [4.69, 9.17) is 14.5 Å². The van der Waals surface area contributed by atoms with Gasteiger partial charge in [-0.15, -0.1) is 24.0 Å². The normalized spacial score (nSPS) is 18.9. The molecule has 0 saturated carbocycles. The molecule has 3 rings (SSSR count). The lowest BCUT2D eigenvalue weighted by molar-refractivity contribution is 0.170. The molecule has 0 atom stereocenters. The number of hydrogen-bond donors (Lipinski definition) is 1. The van der Waals surface area contributed by atoms with Crippen LogP contribution in [0.15, 0.2) is 23.2 Å². The van der Waals surface area contributed by atoms with Crippen LogP contribution in [0.5, 0.6) is 11.5 Å². The maximum Gasteiger partial charge on any atom is 0.194 e. The van der Waals surface area contributed by atoms with Crippen molar-refractivity contribution in [1.82, 2.24) is 20.0 Å². The van der Waals surface area contributed by atoms with Gasteiger partial charge in [0.05, 0.1) is 14.2 Å². The Kier molecular flexibility index (Phi) is 11.9. The summed E-state index contributed by atoms with van der Waals surface area (Å²) in [6.07, 6.45) is 3.84. The van der Waals surface area contributed by atoms with Gasteiger partial charge in [-0.25, -0.2) is 0 Å². The fraction of sp³-hybridized carbons (Fsp3) is 0.708. The van der Waals surface area contributed by atoms with Crippen molar-refractivity contribution in [2.45, 2.75) is 32.7 Å². The van der Waals surface area contributed by atoms with Crippen LogP contribution in [-0.2, 0) is 6.54 Å². The molecule has 0 aliphatic carbocycles. The van der Waals surface area contributed by atoms with Gasteiger partial charge in [0.25, 0.3) is 0 Å². The molecule has 7 nitrogen and oxygen atoms in total. The van der Waals surface area contributed by atoms with E-state index in [0.29, 0.717) is 0 Å². The quantitative estimate of drug-likeness (QED) is 0.300. The average molecular weight is 560 g/mol.